The van der Waals surface area contributed by atoms with Gasteiger partial charge in [0.15, 0.2) is 0 Å². The van der Waals surface area contributed by atoms with Crippen LogP contribution in [-0.2, 0) is 9.59 Å². The molecule has 0 aromatic carbocycles. The van der Waals surface area contributed by atoms with E-state index in [0.717, 1.165) is 32.4 Å². The average molecular weight is 343 g/mol. The number of carbonyl (C=O) groups is 2. The van der Waals surface area contributed by atoms with E-state index in [-0.39, 0.29) is 12.5 Å². The molecule has 0 aliphatic carbocycles. The number of rotatable bonds is 18. The predicted octanol–water partition coefficient (Wildman–Crippen LogP) is 3.87. The lowest BCUT2D eigenvalue weighted by Crippen LogP contribution is -2.28. The molecule has 0 saturated heterocycles. The van der Waals surface area contributed by atoms with E-state index in [4.69, 9.17) is 5.11 Å². The molecule has 0 atom stereocenters. The van der Waals surface area contributed by atoms with Crippen LogP contribution in [-0.4, -0.2) is 36.6 Å². The summed E-state index contributed by atoms with van der Waals surface area (Å²) in [4.78, 5) is 21.6. The quantitative estimate of drug-likeness (QED) is 0.330. The monoisotopic (exact) mass is 342 g/mol. The van der Waals surface area contributed by atoms with Gasteiger partial charge in [0.25, 0.3) is 0 Å². The number of aliphatic carboxylic acids is 1. The molecule has 142 valence electrons. The second kappa shape index (κ2) is 18.2. The van der Waals surface area contributed by atoms with Crippen LogP contribution >= 0.6 is 0 Å². The Morgan fingerprint density at radius 1 is 0.750 bits per heavy atom. The summed E-state index contributed by atoms with van der Waals surface area (Å²) >= 11 is 0. The Hall–Kier alpha value is -1.10. The first kappa shape index (κ1) is 22.9. The van der Waals surface area contributed by atoms with E-state index < -0.39 is 5.97 Å². The summed E-state index contributed by atoms with van der Waals surface area (Å²) in [6, 6.07) is 0. The van der Waals surface area contributed by atoms with Gasteiger partial charge in [-0.1, -0.05) is 64.7 Å². The summed E-state index contributed by atoms with van der Waals surface area (Å²) in [5.41, 5.74) is 0. The second-order valence-corrected chi connectivity index (χ2v) is 6.56. The maximum absolute atomic E-state index is 11.3. The summed E-state index contributed by atoms with van der Waals surface area (Å²) in [6.45, 7) is 4.21. The van der Waals surface area contributed by atoms with E-state index in [2.05, 4.69) is 17.6 Å². The molecule has 3 N–H and O–H groups in total. The molecule has 1 amide bonds. The average Bonchev–Trinajstić information content (AvgIpc) is 2.56. The summed E-state index contributed by atoms with van der Waals surface area (Å²) in [5, 5.41) is 14.3. The van der Waals surface area contributed by atoms with Crippen LogP contribution in [0.25, 0.3) is 0 Å². The summed E-state index contributed by atoms with van der Waals surface area (Å²) in [5.74, 6) is -1.15. The normalized spacial score (nSPS) is 10.7. The lowest BCUT2D eigenvalue weighted by molar-refractivity contribution is -0.137. The minimum Gasteiger partial charge on any atom is -0.480 e. The Labute approximate surface area is 148 Å². The number of hydrogen-bond donors (Lipinski definition) is 3. The Bertz CT molecular complexity index is 309. The van der Waals surface area contributed by atoms with E-state index in [0.29, 0.717) is 6.42 Å². The number of amides is 1. The largest absolute Gasteiger partial charge is 0.480 e. The third kappa shape index (κ3) is 18.9. The zero-order valence-electron chi connectivity index (χ0n) is 15.6. The van der Waals surface area contributed by atoms with Crippen LogP contribution in [0.3, 0.4) is 0 Å². The minimum absolute atomic E-state index is 0.159. The molecule has 0 bridgehead atoms. The third-order valence-electron chi connectivity index (χ3n) is 4.15. The highest BCUT2D eigenvalue weighted by Crippen LogP contribution is 2.07. The molecule has 0 aromatic heterocycles. The standard InChI is InChI=1S/C19H38N2O3/c1-2-3-4-5-6-9-12-15-20-16-13-10-7-8-11-14-18(22)21-17-19(23)24/h20H,2-17H2,1H3,(H,21,22)(H,23,24). The van der Waals surface area contributed by atoms with Gasteiger partial charge in [0.05, 0.1) is 0 Å². The van der Waals surface area contributed by atoms with Crippen LogP contribution in [0, 0.1) is 0 Å². The Kier molecular flexibility index (Phi) is 17.4. The van der Waals surface area contributed by atoms with Gasteiger partial charge in [-0.15, -0.1) is 0 Å². The molecule has 0 aliphatic rings. The third-order valence-corrected chi connectivity index (χ3v) is 4.15. The Morgan fingerprint density at radius 2 is 1.25 bits per heavy atom. The van der Waals surface area contributed by atoms with Crippen molar-refractivity contribution in [2.24, 2.45) is 0 Å². The van der Waals surface area contributed by atoms with Crippen LogP contribution < -0.4 is 10.6 Å². The van der Waals surface area contributed by atoms with Crippen molar-refractivity contribution in [1.82, 2.24) is 10.6 Å². The van der Waals surface area contributed by atoms with Gasteiger partial charge in [0.1, 0.15) is 6.54 Å². The van der Waals surface area contributed by atoms with E-state index in [1.807, 2.05) is 0 Å². The van der Waals surface area contributed by atoms with Gasteiger partial charge in [-0.25, -0.2) is 0 Å². The highest BCUT2D eigenvalue weighted by Gasteiger charge is 2.03. The molecule has 0 unspecified atom stereocenters. The minimum atomic E-state index is -0.993. The summed E-state index contributed by atoms with van der Waals surface area (Å²) in [7, 11) is 0. The Balaban J connectivity index is 3.10. The molecule has 0 spiro atoms. The summed E-state index contributed by atoms with van der Waals surface area (Å²) < 4.78 is 0. The Morgan fingerprint density at radius 3 is 1.79 bits per heavy atom. The smallest absolute Gasteiger partial charge is 0.322 e. The molecule has 0 heterocycles. The first-order valence-corrected chi connectivity index (χ1v) is 9.86. The van der Waals surface area contributed by atoms with Gasteiger partial charge in [-0.3, -0.25) is 9.59 Å². The number of carboxylic acids is 1. The van der Waals surface area contributed by atoms with Crippen molar-refractivity contribution in [2.45, 2.75) is 90.4 Å². The maximum Gasteiger partial charge on any atom is 0.322 e. The van der Waals surface area contributed by atoms with Gasteiger partial charge in [0.2, 0.25) is 5.91 Å². The predicted molar refractivity (Wildman–Crippen MR) is 99.2 cm³/mol. The topological polar surface area (TPSA) is 78.4 Å². The van der Waals surface area contributed by atoms with Crippen molar-refractivity contribution >= 4 is 11.9 Å². The number of hydrogen-bond acceptors (Lipinski definition) is 3. The molecule has 0 rings (SSSR count). The van der Waals surface area contributed by atoms with Gasteiger partial charge >= 0.3 is 5.97 Å². The number of carboxylic acid groups (broad SMARTS) is 1. The molecular formula is C19H38N2O3. The van der Waals surface area contributed by atoms with Crippen LogP contribution in [0.15, 0.2) is 0 Å². The van der Waals surface area contributed by atoms with Gasteiger partial charge in [0, 0.05) is 6.42 Å². The van der Waals surface area contributed by atoms with E-state index in [1.165, 1.54) is 57.8 Å². The maximum atomic E-state index is 11.3. The van der Waals surface area contributed by atoms with E-state index in [9.17, 15) is 9.59 Å². The van der Waals surface area contributed by atoms with Gasteiger partial charge in [-0.05, 0) is 32.4 Å². The number of carbonyl (C=O) groups excluding carboxylic acids is 1. The number of nitrogens with one attached hydrogen (secondary N) is 2. The van der Waals surface area contributed by atoms with Crippen LogP contribution in [0.4, 0.5) is 0 Å². The van der Waals surface area contributed by atoms with Crippen LogP contribution in [0.2, 0.25) is 0 Å². The SMILES string of the molecule is CCCCCCCCCNCCCCCCCC(=O)NCC(=O)O. The molecular weight excluding hydrogens is 304 g/mol. The zero-order chi connectivity index (χ0) is 17.9. The fourth-order valence-electron chi connectivity index (χ4n) is 2.66. The van der Waals surface area contributed by atoms with Crippen LogP contribution in [0.5, 0.6) is 0 Å². The first-order valence-electron chi connectivity index (χ1n) is 9.86. The number of unbranched alkanes of at least 4 members (excludes halogenated alkanes) is 10. The lowest BCUT2D eigenvalue weighted by atomic mass is 10.1. The molecule has 0 radical (unpaired) electrons. The second-order valence-electron chi connectivity index (χ2n) is 6.56. The molecule has 0 aliphatic heterocycles. The highest BCUT2D eigenvalue weighted by atomic mass is 16.4. The highest BCUT2D eigenvalue weighted by molar-refractivity contribution is 5.80. The summed E-state index contributed by atoms with van der Waals surface area (Å²) in [6.07, 6.45) is 15.4. The van der Waals surface area contributed by atoms with Crippen molar-refractivity contribution < 1.29 is 14.7 Å². The first-order chi connectivity index (χ1) is 11.7. The molecule has 0 aromatic rings. The van der Waals surface area contributed by atoms with Crippen molar-refractivity contribution in [3.63, 3.8) is 0 Å². The van der Waals surface area contributed by atoms with Crippen LogP contribution in [0.1, 0.15) is 90.4 Å². The zero-order valence-corrected chi connectivity index (χ0v) is 15.6. The fourth-order valence-corrected chi connectivity index (χ4v) is 2.66. The van der Waals surface area contributed by atoms with Gasteiger partial charge in [-0.2, -0.15) is 0 Å². The lowest BCUT2D eigenvalue weighted by Gasteiger charge is -2.05. The molecule has 5 nitrogen and oxygen atoms in total. The van der Waals surface area contributed by atoms with E-state index >= 15 is 0 Å². The van der Waals surface area contributed by atoms with Crippen molar-refractivity contribution in [3.8, 4) is 0 Å². The molecule has 5 heteroatoms. The van der Waals surface area contributed by atoms with Crippen molar-refractivity contribution in [3.05, 3.63) is 0 Å². The van der Waals surface area contributed by atoms with Crippen molar-refractivity contribution in [1.29, 1.82) is 0 Å². The van der Waals surface area contributed by atoms with E-state index in [1.54, 1.807) is 0 Å². The van der Waals surface area contributed by atoms with Crippen molar-refractivity contribution in [2.75, 3.05) is 19.6 Å². The fraction of sp³-hybridized carbons (Fsp3) is 0.895. The molecule has 24 heavy (non-hydrogen) atoms. The van der Waals surface area contributed by atoms with Gasteiger partial charge < -0.3 is 15.7 Å². The molecule has 0 fully saturated rings. The molecule has 0 saturated carbocycles.